The molecule has 3 amide bonds. The van der Waals surface area contributed by atoms with Crippen LogP contribution in [0.4, 0.5) is 11.4 Å². The Morgan fingerprint density at radius 2 is 1.80 bits per heavy atom. The second-order valence-electron chi connectivity index (χ2n) is 6.20. The van der Waals surface area contributed by atoms with Crippen LogP contribution in [0.5, 0.6) is 5.75 Å². The number of hydrogen-bond acceptors (Lipinski definition) is 8. The maximum absolute atomic E-state index is 12.2. The third-order valence-electron chi connectivity index (χ3n) is 4.32. The summed E-state index contributed by atoms with van der Waals surface area (Å²) in [6.07, 6.45) is 0. The van der Waals surface area contributed by atoms with Gasteiger partial charge in [0.25, 0.3) is 23.4 Å². The van der Waals surface area contributed by atoms with Crippen molar-refractivity contribution in [2.24, 2.45) is 0 Å². The van der Waals surface area contributed by atoms with Crippen LogP contribution in [-0.2, 0) is 9.53 Å². The predicted molar refractivity (Wildman–Crippen MR) is 101 cm³/mol. The van der Waals surface area contributed by atoms with Gasteiger partial charge in [0.15, 0.2) is 6.61 Å². The molecular weight excluding hydrogens is 398 g/mol. The fourth-order valence-corrected chi connectivity index (χ4v) is 2.81. The lowest BCUT2D eigenvalue weighted by atomic mass is 10.1. The maximum Gasteiger partial charge on any atom is 0.342 e. The van der Waals surface area contributed by atoms with Crippen molar-refractivity contribution in [3.05, 3.63) is 63.2 Å². The zero-order chi connectivity index (χ0) is 22.0. The summed E-state index contributed by atoms with van der Waals surface area (Å²) in [5.74, 6) is -2.57. The molecule has 0 aromatic heterocycles. The van der Waals surface area contributed by atoms with Crippen molar-refractivity contribution in [3.63, 3.8) is 0 Å². The molecule has 2 aromatic rings. The van der Waals surface area contributed by atoms with Crippen LogP contribution in [0.25, 0.3) is 0 Å². The highest BCUT2D eigenvalue weighted by Gasteiger charge is 2.32. The van der Waals surface area contributed by atoms with Crippen LogP contribution >= 0.6 is 0 Å². The monoisotopic (exact) mass is 413 g/mol. The number of non-ortho nitro benzene ring substituents is 1. The molecule has 1 heterocycles. The highest BCUT2D eigenvalue weighted by molar-refractivity contribution is 6.21. The van der Waals surface area contributed by atoms with Crippen LogP contribution in [0.1, 0.15) is 31.1 Å². The van der Waals surface area contributed by atoms with Crippen LogP contribution in [-0.4, -0.2) is 54.3 Å². The SMILES string of the molecule is COc1ccc([N+](=O)[O-])cc1C(=O)OCC(=O)Nc1ccc2c(c1)C(=O)N(C)C2=O. The van der Waals surface area contributed by atoms with Crippen molar-refractivity contribution < 1.29 is 33.6 Å². The molecule has 1 N–H and O–H groups in total. The third-order valence-corrected chi connectivity index (χ3v) is 4.32. The summed E-state index contributed by atoms with van der Waals surface area (Å²) >= 11 is 0. The minimum absolute atomic E-state index is 0.0527. The number of rotatable bonds is 6. The van der Waals surface area contributed by atoms with Crippen molar-refractivity contribution in [2.45, 2.75) is 0 Å². The topological polar surface area (TPSA) is 145 Å². The molecule has 154 valence electrons. The fraction of sp³-hybridized carbons (Fsp3) is 0.158. The van der Waals surface area contributed by atoms with E-state index in [4.69, 9.17) is 9.47 Å². The average molecular weight is 413 g/mol. The molecule has 2 aromatic carbocycles. The number of anilines is 1. The Balaban J connectivity index is 1.67. The van der Waals surface area contributed by atoms with Crippen molar-refractivity contribution >= 4 is 35.1 Å². The van der Waals surface area contributed by atoms with Crippen molar-refractivity contribution in [3.8, 4) is 5.75 Å². The fourth-order valence-electron chi connectivity index (χ4n) is 2.81. The summed E-state index contributed by atoms with van der Waals surface area (Å²) in [6.45, 7) is -0.686. The molecule has 11 heteroatoms. The first-order valence-electron chi connectivity index (χ1n) is 8.48. The number of nitro benzene ring substituents is 1. The van der Waals surface area contributed by atoms with Gasteiger partial charge in [-0.25, -0.2) is 4.79 Å². The molecule has 11 nitrogen and oxygen atoms in total. The number of nitrogens with one attached hydrogen (secondary N) is 1. The van der Waals surface area contributed by atoms with Gasteiger partial charge in [0.05, 0.1) is 23.2 Å². The molecule has 0 saturated carbocycles. The second kappa shape index (κ2) is 7.99. The van der Waals surface area contributed by atoms with Gasteiger partial charge in [0.1, 0.15) is 11.3 Å². The molecule has 0 unspecified atom stereocenters. The molecule has 0 saturated heterocycles. The van der Waals surface area contributed by atoms with Gasteiger partial charge in [-0.3, -0.25) is 29.4 Å². The summed E-state index contributed by atoms with van der Waals surface area (Å²) in [4.78, 5) is 59.4. The highest BCUT2D eigenvalue weighted by Crippen LogP contribution is 2.26. The van der Waals surface area contributed by atoms with Gasteiger partial charge in [0, 0.05) is 24.9 Å². The minimum atomic E-state index is -0.984. The minimum Gasteiger partial charge on any atom is -0.496 e. The number of carbonyl (C=O) groups excluding carboxylic acids is 4. The molecule has 3 rings (SSSR count). The Bertz CT molecular complexity index is 1100. The van der Waals surface area contributed by atoms with E-state index in [9.17, 15) is 29.3 Å². The molecule has 0 radical (unpaired) electrons. The lowest BCUT2D eigenvalue weighted by Gasteiger charge is -2.09. The lowest BCUT2D eigenvalue weighted by molar-refractivity contribution is -0.384. The number of nitro groups is 1. The van der Waals surface area contributed by atoms with Crippen LogP contribution in [0.2, 0.25) is 0 Å². The quantitative estimate of drug-likeness (QED) is 0.325. The van der Waals surface area contributed by atoms with Crippen LogP contribution in [0, 0.1) is 10.1 Å². The third kappa shape index (κ3) is 3.81. The first kappa shape index (κ1) is 20.5. The number of benzene rings is 2. The van der Waals surface area contributed by atoms with Gasteiger partial charge in [0.2, 0.25) is 0 Å². The number of fused-ring (bicyclic) bond motifs is 1. The number of hydrogen-bond donors (Lipinski definition) is 1. The normalized spacial score (nSPS) is 12.4. The summed E-state index contributed by atoms with van der Waals surface area (Å²) in [7, 11) is 2.63. The first-order valence-corrected chi connectivity index (χ1v) is 8.48. The van der Waals surface area contributed by atoms with Crippen molar-refractivity contribution in [1.82, 2.24) is 4.90 Å². The van der Waals surface area contributed by atoms with Crippen LogP contribution in [0.3, 0.4) is 0 Å². The van der Waals surface area contributed by atoms with Gasteiger partial charge in [-0.15, -0.1) is 0 Å². The number of ether oxygens (including phenoxy) is 2. The van der Waals surface area contributed by atoms with E-state index < -0.39 is 35.2 Å². The van der Waals surface area contributed by atoms with E-state index in [-0.39, 0.29) is 33.8 Å². The molecule has 0 aliphatic carbocycles. The average Bonchev–Trinajstić information content (AvgIpc) is 2.95. The second-order valence-corrected chi connectivity index (χ2v) is 6.20. The summed E-state index contributed by atoms with van der Waals surface area (Å²) in [6, 6.07) is 7.59. The first-order chi connectivity index (χ1) is 14.2. The summed E-state index contributed by atoms with van der Waals surface area (Å²) < 4.78 is 9.89. The molecule has 1 aliphatic heterocycles. The number of imide groups is 1. The van der Waals surface area contributed by atoms with Gasteiger partial charge >= 0.3 is 5.97 Å². The molecule has 0 atom stereocenters. The number of methoxy groups -OCH3 is 1. The van der Waals surface area contributed by atoms with E-state index in [0.717, 1.165) is 11.0 Å². The predicted octanol–water partition coefficient (Wildman–Crippen LogP) is 1.62. The Labute approximate surface area is 169 Å². The van der Waals surface area contributed by atoms with Crippen molar-refractivity contribution in [2.75, 3.05) is 26.1 Å². The van der Waals surface area contributed by atoms with E-state index in [1.165, 1.54) is 44.5 Å². The van der Waals surface area contributed by atoms with E-state index in [2.05, 4.69) is 5.32 Å². The van der Waals surface area contributed by atoms with Crippen LogP contribution < -0.4 is 10.1 Å². The number of esters is 1. The largest absolute Gasteiger partial charge is 0.496 e. The Kier molecular flexibility index (Phi) is 5.45. The Morgan fingerprint density at radius 3 is 2.47 bits per heavy atom. The number of amides is 3. The molecule has 0 fully saturated rings. The zero-order valence-electron chi connectivity index (χ0n) is 15.8. The number of carbonyl (C=O) groups is 4. The highest BCUT2D eigenvalue weighted by atomic mass is 16.6. The smallest absolute Gasteiger partial charge is 0.342 e. The van der Waals surface area contributed by atoms with E-state index in [1.807, 2.05) is 0 Å². The number of nitrogens with zero attached hydrogens (tertiary/aromatic N) is 2. The summed E-state index contributed by atoms with van der Waals surface area (Å²) in [5, 5.41) is 13.3. The van der Waals surface area contributed by atoms with E-state index in [0.29, 0.717) is 0 Å². The standard InChI is InChI=1S/C19H15N3O8/c1-21-17(24)12-5-3-10(7-13(12)18(21)25)20-16(23)9-30-19(26)14-8-11(22(27)28)4-6-15(14)29-2/h3-8H,9H2,1-2H3,(H,20,23). The molecule has 30 heavy (non-hydrogen) atoms. The molecule has 0 bridgehead atoms. The Morgan fingerprint density at radius 1 is 1.10 bits per heavy atom. The van der Waals surface area contributed by atoms with Crippen molar-refractivity contribution in [1.29, 1.82) is 0 Å². The molecule has 1 aliphatic rings. The molecule has 0 spiro atoms. The van der Waals surface area contributed by atoms with E-state index in [1.54, 1.807) is 0 Å². The van der Waals surface area contributed by atoms with Gasteiger partial charge in [-0.2, -0.15) is 0 Å². The van der Waals surface area contributed by atoms with Crippen LogP contribution in [0.15, 0.2) is 36.4 Å². The zero-order valence-corrected chi connectivity index (χ0v) is 15.8. The maximum atomic E-state index is 12.2. The summed E-state index contributed by atoms with van der Waals surface area (Å²) in [5.41, 5.74) is 0.0706. The van der Waals surface area contributed by atoms with Gasteiger partial charge < -0.3 is 14.8 Å². The lowest BCUT2D eigenvalue weighted by Crippen LogP contribution is -2.24. The Hall–Kier alpha value is -4.28. The van der Waals surface area contributed by atoms with E-state index >= 15 is 0 Å². The van der Waals surface area contributed by atoms with Gasteiger partial charge in [-0.05, 0) is 24.3 Å². The van der Waals surface area contributed by atoms with Gasteiger partial charge in [-0.1, -0.05) is 0 Å². The molecular formula is C19H15N3O8.